The van der Waals surface area contributed by atoms with Crippen molar-refractivity contribution in [2.45, 2.75) is 18.8 Å². The lowest BCUT2D eigenvalue weighted by Gasteiger charge is -2.14. The van der Waals surface area contributed by atoms with E-state index in [1.807, 2.05) is 0 Å². The van der Waals surface area contributed by atoms with Crippen molar-refractivity contribution in [3.63, 3.8) is 0 Å². The van der Waals surface area contributed by atoms with E-state index in [1.54, 1.807) is 0 Å². The van der Waals surface area contributed by atoms with E-state index in [2.05, 4.69) is 11.3 Å². The first-order chi connectivity index (χ1) is 7.83. The van der Waals surface area contributed by atoms with Crippen LogP contribution in [0.1, 0.15) is 18.0 Å². The highest BCUT2D eigenvalue weighted by atomic mass is 35.5. The number of rotatable bonds is 4. The summed E-state index contributed by atoms with van der Waals surface area (Å²) in [4.78, 5) is 0. The minimum Gasteiger partial charge on any atom is -0.406 e. The van der Waals surface area contributed by atoms with Crippen LogP contribution >= 0.6 is 12.4 Å². The van der Waals surface area contributed by atoms with Crippen LogP contribution in [0.15, 0.2) is 30.9 Å². The number of hydrogen-bond acceptors (Lipinski definition) is 2. The van der Waals surface area contributed by atoms with E-state index in [1.165, 1.54) is 6.08 Å². The van der Waals surface area contributed by atoms with Gasteiger partial charge in [0.15, 0.2) is 0 Å². The van der Waals surface area contributed by atoms with Gasteiger partial charge in [0.1, 0.15) is 11.6 Å². The first-order valence-electron chi connectivity index (χ1n) is 4.75. The third kappa shape index (κ3) is 4.93. The van der Waals surface area contributed by atoms with Gasteiger partial charge in [-0.15, -0.1) is 32.2 Å². The maximum absolute atomic E-state index is 13.3. The fourth-order valence-electron chi connectivity index (χ4n) is 1.31. The van der Waals surface area contributed by atoms with Gasteiger partial charge in [0.05, 0.1) is 0 Å². The van der Waals surface area contributed by atoms with Gasteiger partial charge in [0.25, 0.3) is 0 Å². The summed E-state index contributed by atoms with van der Waals surface area (Å²) >= 11 is 0. The van der Waals surface area contributed by atoms with Gasteiger partial charge in [0.2, 0.25) is 0 Å². The monoisotopic (exact) mass is 285 g/mol. The van der Waals surface area contributed by atoms with Crippen molar-refractivity contribution < 1.29 is 22.3 Å². The van der Waals surface area contributed by atoms with Crippen LogP contribution in [0, 0.1) is 5.82 Å². The Morgan fingerprint density at radius 1 is 1.39 bits per heavy atom. The van der Waals surface area contributed by atoms with Crippen molar-refractivity contribution >= 4 is 12.4 Å². The van der Waals surface area contributed by atoms with Crippen molar-refractivity contribution in [1.82, 2.24) is 0 Å². The Kier molecular flexibility index (Phi) is 6.14. The first-order valence-corrected chi connectivity index (χ1v) is 4.75. The molecule has 0 spiro atoms. The summed E-state index contributed by atoms with van der Waals surface area (Å²) in [5.41, 5.74) is 5.56. The highest BCUT2D eigenvalue weighted by Crippen LogP contribution is 2.27. The molecule has 0 unspecified atom stereocenters. The minimum atomic E-state index is -4.81. The van der Waals surface area contributed by atoms with Crippen LogP contribution < -0.4 is 10.5 Å². The lowest BCUT2D eigenvalue weighted by atomic mass is 10.0. The lowest BCUT2D eigenvalue weighted by molar-refractivity contribution is -0.274. The highest BCUT2D eigenvalue weighted by molar-refractivity contribution is 5.85. The molecule has 18 heavy (non-hydrogen) atoms. The Balaban J connectivity index is 0.00000289. The van der Waals surface area contributed by atoms with Gasteiger partial charge < -0.3 is 10.5 Å². The smallest absolute Gasteiger partial charge is 0.406 e. The predicted molar refractivity (Wildman–Crippen MR) is 62.1 cm³/mol. The summed E-state index contributed by atoms with van der Waals surface area (Å²) in [7, 11) is 0. The molecule has 102 valence electrons. The Bertz CT molecular complexity index is 409. The molecule has 2 N–H and O–H groups in total. The van der Waals surface area contributed by atoms with Crippen molar-refractivity contribution in [3.8, 4) is 5.75 Å². The van der Waals surface area contributed by atoms with Crippen LogP contribution in [0.3, 0.4) is 0 Å². The summed E-state index contributed by atoms with van der Waals surface area (Å²) in [6.45, 7) is 3.42. The van der Waals surface area contributed by atoms with Gasteiger partial charge in [-0.3, -0.25) is 0 Å². The molecule has 2 nitrogen and oxygen atoms in total. The molecule has 1 aromatic carbocycles. The average molecular weight is 286 g/mol. The number of benzene rings is 1. The molecular weight excluding hydrogens is 274 g/mol. The predicted octanol–water partition coefficient (Wildman–Crippen LogP) is 3.72. The molecule has 0 saturated heterocycles. The number of halogens is 5. The van der Waals surface area contributed by atoms with E-state index < -0.39 is 24.0 Å². The SMILES string of the molecule is C=CC[C@H](N)c1cc(OC(F)(F)F)ccc1F.Cl. The van der Waals surface area contributed by atoms with Gasteiger partial charge in [-0.1, -0.05) is 6.08 Å². The van der Waals surface area contributed by atoms with Crippen molar-refractivity contribution in [2.75, 3.05) is 0 Å². The Labute approximate surface area is 108 Å². The van der Waals surface area contributed by atoms with E-state index in [0.29, 0.717) is 0 Å². The number of alkyl halides is 3. The molecular formula is C11H12ClF4NO. The molecule has 1 rings (SSSR count). The van der Waals surface area contributed by atoms with E-state index in [0.717, 1.165) is 18.2 Å². The molecule has 0 fully saturated rings. The molecule has 0 amide bonds. The third-order valence-electron chi connectivity index (χ3n) is 2.02. The molecule has 1 aromatic rings. The summed E-state index contributed by atoms with van der Waals surface area (Å²) < 4.78 is 52.9. The molecule has 0 aliphatic heterocycles. The van der Waals surface area contributed by atoms with Crippen molar-refractivity contribution in [3.05, 3.63) is 42.2 Å². The first kappa shape index (κ1) is 16.7. The fourth-order valence-corrected chi connectivity index (χ4v) is 1.31. The molecule has 0 aromatic heterocycles. The minimum absolute atomic E-state index is 0. The van der Waals surface area contributed by atoms with Gasteiger partial charge >= 0.3 is 6.36 Å². The summed E-state index contributed by atoms with van der Waals surface area (Å²) in [5.74, 6) is -1.16. The second kappa shape index (κ2) is 6.61. The maximum Gasteiger partial charge on any atom is 0.573 e. The number of hydrogen-bond donors (Lipinski definition) is 1. The summed E-state index contributed by atoms with van der Waals surface area (Å²) in [6.07, 6.45) is -3.09. The van der Waals surface area contributed by atoms with E-state index >= 15 is 0 Å². The average Bonchev–Trinajstić information content (AvgIpc) is 2.19. The van der Waals surface area contributed by atoms with E-state index in [4.69, 9.17) is 5.73 Å². The number of nitrogens with two attached hydrogens (primary N) is 1. The zero-order chi connectivity index (χ0) is 13.1. The zero-order valence-electron chi connectivity index (χ0n) is 9.21. The largest absolute Gasteiger partial charge is 0.573 e. The lowest BCUT2D eigenvalue weighted by Crippen LogP contribution is -2.18. The van der Waals surface area contributed by atoms with Crippen LogP contribution in [0.2, 0.25) is 0 Å². The Morgan fingerprint density at radius 3 is 2.50 bits per heavy atom. The standard InChI is InChI=1S/C11H11F4NO.ClH/c1-2-3-10(16)8-6-7(4-5-9(8)12)17-11(13,14)15;/h2,4-6,10H,1,3,16H2;1H/t10-;/m0./s1. The fraction of sp³-hybridized carbons (Fsp3) is 0.273. The maximum atomic E-state index is 13.3. The molecule has 0 aliphatic rings. The third-order valence-corrected chi connectivity index (χ3v) is 2.02. The topological polar surface area (TPSA) is 35.2 Å². The van der Waals surface area contributed by atoms with Crippen LogP contribution in [0.25, 0.3) is 0 Å². The second-order valence-electron chi connectivity index (χ2n) is 3.36. The van der Waals surface area contributed by atoms with Gasteiger partial charge in [-0.05, 0) is 24.6 Å². The second-order valence-corrected chi connectivity index (χ2v) is 3.36. The van der Waals surface area contributed by atoms with Crippen LogP contribution in [0.5, 0.6) is 5.75 Å². The number of ether oxygens (including phenoxy) is 1. The van der Waals surface area contributed by atoms with Gasteiger partial charge in [-0.2, -0.15) is 0 Å². The molecule has 0 saturated carbocycles. The molecule has 0 radical (unpaired) electrons. The van der Waals surface area contributed by atoms with Crippen LogP contribution in [-0.4, -0.2) is 6.36 Å². The zero-order valence-corrected chi connectivity index (χ0v) is 10.0. The van der Waals surface area contributed by atoms with E-state index in [-0.39, 0.29) is 24.4 Å². The van der Waals surface area contributed by atoms with Gasteiger partial charge in [0, 0.05) is 11.6 Å². The molecule has 0 heterocycles. The van der Waals surface area contributed by atoms with Crippen LogP contribution in [-0.2, 0) is 0 Å². The molecule has 1 atom stereocenters. The quantitative estimate of drug-likeness (QED) is 0.676. The summed E-state index contributed by atoms with van der Waals surface area (Å²) in [6, 6.07) is 1.98. The molecule has 0 aliphatic carbocycles. The Morgan fingerprint density at radius 2 is 2.00 bits per heavy atom. The highest BCUT2D eigenvalue weighted by Gasteiger charge is 2.31. The van der Waals surface area contributed by atoms with Crippen molar-refractivity contribution in [2.24, 2.45) is 5.73 Å². The van der Waals surface area contributed by atoms with Crippen LogP contribution in [0.4, 0.5) is 17.6 Å². The molecule has 0 bridgehead atoms. The normalized spacial score (nSPS) is 12.5. The van der Waals surface area contributed by atoms with E-state index in [9.17, 15) is 17.6 Å². The Hall–Kier alpha value is -1.27. The van der Waals surface area contributed by atoms with Crippen molar-refractivity contribution in [1.29, 1.82) is 0 Å². The van der Waals surface area contributed by atoms with Gasteiger partial charge in [-0.25, -0.2) is 4.39 Å². The summed E-state index contributed by atoms with van der Waals surface area (Å²) in [5, 5.41) is 0. The molecule has 7 heteroatoms.